The van der Waals surface area contributed by atoms with Gasteiger partial charge in [0.2, 0.25) is 5.91 Å². The molecule has 0 atom stereocenters. The van der Waals surface area contributed by atoms with Gasteiger partial charge >= 0.3 is 0 Å². The first kappa shape index (κ1) is 18.8. The number of carbonyl (C=O) groups is 1. The Bertz CT molecular complexity index is 647. The SMILES string of the molecule is O=C(CNCCc1ccc(Cl)cc1Cl)NCCCc1ccccc1. The maximum Gasteiger partial charge on any atom is 0.233 e. The predicted molar refractivity (Wildman–Crippen MR) is 101 cm³/mol. The van der Waals surface area contributed by atoms with Crippen LogP contribution in [-0.2, 0) is 17.6 Å². The summed E-state index contributed by atoms with van der Waals surface area (Å²) in [5, 5.41) is 7.35. The molecular weight excluding hydrogens is 343 g/mol. The largest absolute Gasteiger partial charge is 0.355 e. The molecule has 0 unspecified atom stereocenters. The molecule has 1 amide bonds. The number of rotatable bonds is 9. The molecule has 2 N–H and O–H groups in total. The summed E-state index contributed by atoms with van der Waals surface area (Å²) in [7, 11) is 0. The lowest BCUT2D eigenvalue weighted by Crippen LogP contribution is -2.35. The third-order valence-electron chi connectivity index (χ3n) is 3.68. The second-order valence-electron chi connectivity index (χ2n) is 5.60. The Morgan fingerprint density at radius 2 is 1.75 bits per heavy atom. The summed E-state index contributed by atoms with van der Waals surface area (Å²) < 4.78 is 0. The normalized spacial score (nSPS) is 10.6. The molecule has 0 saturated heterocycles. The maximum atomic E-state index is 11.8. The van der Waals surface area contributed by atoms with Crippen molar-refractivity contribution >= 4 is 29.1 Å². The molecule has 128 valence electrons. The van der Waals surface area contributed by atoms with Gasteiger partial charge in [0.25, 0.3) is 0 Å². The number of amides is 1. The van der Waals surface area contributed by atoms with E-state index in [9.17, 15) is 4.79 Å². The Balaban J connectivity index is 1.55. The molecule has 2 aromatic rings. The van der Waals surface area contributed by atoms with E-state index in [1.165, 1.54) is 5.56 Å². The van der Waals surface area contributed by atoms with Crippen LogP contribution >= 0.6 is 23.2 Å². The van der Waals surface area contributed by atoms with Gasteiger partial charge in [0.05, 0.1) is 6.54 Å². The van der Waals surface area contributed by atoms with Crippen LogP contribution in [0.3, 0.4) is 0 Å². The van der Waals surface area contributed by atoms with E-state index >= 15 is 0 Å². The van der Waals surface area contributed by atoms with E-state index in [0.29, 0.717) is 29.7 Å². The van der Waals surface area contributed by atoms with Crippen LogP contribution < -0.4 is 10.6 Å². The third-order valence-corrected chi connectivity index (χ3v) is 4.27. The van der Waals surface area contributed by atoms with Crippen molar-refractivity contribution in [1.82, 2.24) is 10.6 Å². The van der Waals surface area contributed by atoms with Gasteiger partial charge in [-0.05, 0) is 49.1 Å². The van der Waals surface area contributed by atoms with Crippen molar-refractivity contribution < 1.29 is 4.79 Å². The summed E-state index contributed by atoms with van der Waals surface area (Å²) in [6.45, 7) is 1.70. The van der Waals surface area contributed by atoms with Crippen LogP contribution in [-0.4, -0.2) is 25.5 Å². The topological polar surface area (TPSA) is 41.1 Å². The third kappa shape index (κ3) is 6.91. The molecular formula is C19H22Cl2N2O. The van der Waals surface area contributed by atoms with Gasteiger partial charge in [-0.3, -0.25) is 4.79 Å². The van der Waals surface area contributed by atoms with Gasteiger partial charge in [0.15, 0.2) is 0 Å². The molecule has 0 radical (unpaired) electrons. The van der Waals surface area contributed by atoms with E-state index in [1.807, 2.05) is 30.3 Å². The van der Waals surface area contributed by atoms with Crippen molar-refractivity contribution in [2.24, 2.45) is 0 Å². The van der Waals surface area contributed by atoms with Crippen molar-refractivity contribution in [1.29, 1.82) is 0 Å². The lowest BCUT2D eigenvalue weighted by Gasteiger charge is -2.08. The number of carbonyl (C=O) groups excluding carboxylic acids is 1. The molecule has 0 heterocycles. The van der Waals surface area contributed by atoms with Gasteiger partial charge < -0.3 is 10.6 Å². The van der Waals surface area contributed by atoms with Gasteiger partial charge in [-0.25, -0.2) is 0 Å². The maximum absolute atomic E-state index is 11.8. The average Bonchev–Trinajstić information content (AvgIpc) is 2.58. The van der Waals surface area contributed by atoms with Crippen LogP contribution in [0.15, 0.2) is 48.5 Å². The first-order chi connectivity index (χ1) is 11.6. The molecule has 0 aromatic heterocycles. The minimum atomic E-state index is 0.0188. The fraction of sp³-hybridized carbons (Fsp3) is 0.316. The van der Waals surface area contributed by atoms with Crippen LogP contribution in [0.5, 0.6) is 0 Å². The molecule has 0 aliphatic rings. The molecule has 0 aliphatic carbocycles. The van der Waals surface area contributed by atoms with Crippen molar-refractivity contribution in [3.05, 3.63) is 69.7 Å². The standard InChI is InChI=1S/C19H22Cl2N2O/c20-17-9-8-16(18(21)13-17)10-12-22-14-19(24)23-11-4-7-15-5-2-1-3-6-15/h1-3,5-6,8-9,13,22H,4,7,10-12,14H2,(H,23,24). The van der Waals surface area contributed by atoms with E-state index in [2.05, 4.69) is 22.8 Å². The molecule has 0 fully saturated rings. The number of hydrogen-bond donors (Lipinski definition) is 2. The van der Waals surface area contributed by atoms with Gasteiger partial charge in [-0.15, -0.1) is 0 Å². The number of aryl methyl sites for hydroxylation is 1. The van der Waals surface area contributed by atoms with Gasteiger partial charge in [-0.2, -0.15) is 0 Å². The molecule has 2 aromatic carbocycles. The van der Waals surface area contributed by atoms with E-state index in [4.69, 9.17) is 23.2 Å². The molecule has 0 spiro atoms. The van der Waals surface area contributed by atoms with E-state index in [1.54, 1.807) is 6.07 Å². The van der Waals surface area contributed by atoms with Crippen LogP contribution in [0.1, 0.15) is 17.5 Å². The summed E-state index contributed by atoms with van der Waals surface area (Å²) in [5.74, 6) is 0.0188. The zero-order chi connectivity index (χ0) is 17.2. The smallest absolute Gasteiger partial charge is 0.233 e. The van der Waals surface area contributed by atoms with E-state index in [0.717, 1.165) is 24.8 Å². The lowest BCUT2D eigenvalue weighted by atomic mass is 10.1. The summed E-state index contributed by atoms with van der Waals surface area (Å²) >= 11 is 12.0. The van der Waals surface area contributed by atoms with Crippen LogP contribution in [0.4, 0.5) is 0 Å². The minimum absolute atomic E-state index is 0.0188. The molecule has 0 bridgehead atoms. The number of hydrogen-bond acceptors (Lipinski definition) is 2. The number of halogens is 2. The van der Waals surface area contributed by atoms with Crippen molar-refractivity contribution in [3.8, 4) is 0 Å². The monoisotopic (exact) mass is 364 g/mol. The highest BCUT2D eigenvalue weighted by molar-refractivity contribution is 6.35. The summed E-state index contributed by atoms with van der Waals surface area (Å²) in [6, 6.07) is 15.7. The zero-order valence-corrected chi connectivity index (χ0v) is 15.0. The van der Waals surface area contributed by atoms with Gasteiger partial charge in [0.1, 0.15) is 0 Å². The second-order valence-corrected chi connectivity index (χ2v) is 6.45. The van der Waals surface area contributed by atoms with E-state index in [-0.39, 0.29) is 5.91 Å². The Hall–Kier alpha value is -1.55. The van der Waals surface area contributed by atoms with Gasteiger partial charge in [0, 0.05) is 16.6 Å². The number of nitrogens with one attached hydrogen (secondary N) is 2. The Morgan fingerprint density at radius 3 is 2.50 bits per heavy atom. The summed E-state index contributed by atoms with van der Waals surface area (Å²) in [6.07, 6.45) is 2.68. The zero-order valence-electron chi connectivity index (χ0n) is 13.5. The summed E-state index contributed by atoms with van der Waals surface area (Å²) in [5.41, 5.74) is 2.32. The van der Waals surface area contributed by atoms with E-state index < -0.39 is 0 Å². The van der Waals surface area contributed by atoms with Crippen molar-refractivity contribution in [2.75, 3.05) is 19.6 Å². The highest BCUT2D eigenvalue weighted by atomic mass is 35.5. The quantitative estimate of drug-likeness (QED) is 0.663. The highest BCUT2D eigenvalue weighted by Gasteiger charge is 2.03. The molecule has 2 rings (SSSR count). The highest BCUT2D eigenvalue weighted by Crippen LogP contribution is 2.20. The van der Waals surface area contributed by atoms with Crippen LogP contribution in [0.2, 0.25) is 10.0 Å². The molecule has 5 heteroatoms. The van der Waals surface area contributed by atoms with Crippen molar-refractivity contribution in [3.63, 3.8) is 0 Å². The van der Waals surface area contributed by atoms with Crippen molar-refractivity contribution in [2.45, 2.75) is 19.3 Å². The molecule has 0 aliphatic heterocycles. The van der Waals surface area contributed by atoms with Crippen LogP contribution in [0.25, 0.3) is 0 Å². The Labute approximate surface area is 153 Å². The average molecular weight is 365 g/mol. The second kappa shape index (κ2) is 10.3. The molecule has 0 saturated carbocycles. The molecule has 24 heavy (non-hydrogen) atoms. The van der Waals surface area contributed by atoms with Crippen LogP contribution in [0, 0.1) is 0 Å². The Morgan fingerprint density at radius 1 is 0.958 bits per heavy atom. The first-order valence-corrected chi connectivity index (χ1v) is 8.86. The predicted octanol–water partition coefficient (Wildman–Crippen LogP) is 3.87. The fourth-order valence-corrected chi connectivity index (χ4v) is 2.88. The minimum Gasteiger partial charge on any atom is -0.355 e. The summed E-state index contributed by atoms with van der Waals surface area (Å²) in [4.78, 5) is 11.8. The Kier molecular flexibility index (Phi) is 8.10. The first-order valence-electron chi connectivity index (χ1n) is 8.10. The van der Waals surface area contributed by atoms with Gasteiger partial charge in [-0.1, -0.05) is 59.6 Å². The fourth-order valence-electron chi connectivity index (χ4n) is 2.38. The number of benzene rings is 2. The lowest BCUT2D eigenvalue weighted by molar-refractivity contribution is -0.120. The molecule has 3 nitrogen and oxygen atoms in total.